The summed E-state index contributed by atoms with van der Waals surface area (Å²) in [4.78, 5) is 0. The van der Waals surface area contributed by atoms with Crippen molar-refractivity contribution in [2.45, 2.75) is 13.0 Å². The van der Waals surface area contributed by atoms with Crippen LogP contribution in [0.3, 0.4) is 0 Å². The number of nitrogens with two attached hydrogens (primary N) is 1. The van der Waals surface area contributed by atoms with E-state index in [1.54, 1.807) is 32.2 Å². The van der Waals surface area contributed by atoms with E-state index in [0.717, 1.165) is 5.56 Å². The fraction of sp³-hybridized carbons (Fsp3) is 0.250. The van der Waals surface area contributed by atoms with Gasteiger partial charge >= 0.3 is 0 Å². The van der Waals surface area contributed by atoms with E-state index < -0.39 is 6.10 Å². The summed E-state index contributed by atoms with van der Waals surface area (Å²) in [5.74, 6) is 0.517. The molecule has 106 valence electrons. The Labute approximate surface area is 118 Å². The number of hydrogen-bond acceptors (Lipinski definition) is 3. The molecule has 3 nitrogen and oxygen atoms in total. The summed E-state index contributed by atoms with van der Waals surface area (Å²) in [7, 11) is 1.58. The standard InChI is InChI=1S/C16H18FNO2/c1-11-6-5-9-14(16(11)17)20-15(10-18)12-7-3-4-8-13(12)19-2/h3-9,15H,10,18H2,1-2H3. The average Bonchev–Trinajstić information content (AvgIpc) is 2.49. The Morgan fingerprint density at radius 1 is 1.10 bits per heavy atom. The maximum absolute atomic E-state index is 14.0. The van der Waals surface area contributed by atoms with Crippen molar-refractivity contribution in [2.75, 3.05) is 13.7 Å². The third-order valence-electron chi connectivity index (χ3n) is 3.13. The van der Waals surface area contributed by atoms with Crippen molar-refractivity contribution in [1.82, 2.24) is 0 Å². The van der Waals surface area contributed by atoms with Crippen LogP contribution >= 0.6 is 0 Å². The molecule has 2 N–H and O–H groups in total. The van der Waals surface area contributed by atoms with Crippen LogP contribution in [0.25, 0.3) is 0 Å². The van der Waals surface area contributed by atoms with Crippen molar-refractivity contribution in [3.8, 4) is 11.5 Å². The van der Waals surface area contributed by atoms with E-state index in [2.05, 4.69) is 0 Å². The molecule has 0 bridgehead atoms. The average molecular weight is 275 g/mol. The number of hydrogen-bond donors (Lipinski definition) is 1. The van der Waals surface area contributed by atoms with Gasteiger partial charge in [0, 0.05) is 12.1 Å². The Balaban J connectivity index is 2.31. The van der Waals surface area contributed by atoms with Crippen molar-refractivity contribution < 1.29 is 13.9 Å². The molecule has 0 aliphatic carbocycles. The summed E-state index contributed by atoms with van der Waals surface area (Å²) in [6.07, 6.45) is -0.456. The molecule has 0 aliphatic heterocycles. The van der Waals surface area contributed by atoms with Crippen LogP contribution in [0.4, 0.5) is 4.39 Å². The van der Waals surface area contributed by atoms with E-state index in [4.69, 9.17) is 15.2 Å². The van der Waals surface area contributed by atoms with Gasteiger partial charge in [-0.2, -0.15) is 0 Å². The smallest absolute Gasteiger partial charge is 0.167 e. The van der Waals surface area contributed by atoms with Crippen LogP contribution in [-0.4, -0.2) is 13.7 Å². The van der Waals surface area contributed by atoms with Crippen LogP contribution in [0.1, 0.15) is 17.2 Å². The lowest BCUT2D eigenvalue weighted by Crippen LogP contribution is -2.19. The van der Waals surface area contributed by atoms with Crippen LogP contribution in [0.5, 0.6) is 11.5 Å². The third-order valence-corrected chi connectivity index (χ3v) is 3.13. The molecule has 2 aromatic rings. The summed E-state index contributed by atoms with van der Waals surface area (Å²) in [5, 5.41) is 0. The maximum atomic E-state index is 14.0. The molecule has 20 heavy (non-hydrogen) atoms. The van der Waals surface area contributed by atoms with E-state index in [9.17, 15) is 4.39 Å². The number of rotatable bonds is 5. The molecule has 0 amide bonds. The van der Waals surface area contributed by atoms with Gasteiger partial charge in [0.05, 0.1) is 7.11 Å². The molecule has 4 heteroatoms. The number of ether oxygens (including phenoxy) is 2. The molecule has 0 fully saturated rings. The Morgan fingerprint density at radius 3 is 2.50 bits per heavy atom. The van der Waals surface area contributed by atoms with Gasteiger partial charge in [-0.15, -0.1) is 0 Å². The highest BCUT2D eigenvalue weighted by atomic mass is 19.1. The first-order valence-corrected chi connectivity index (χ1v) is 6.42. The van der Waals surface area contributed by atoms with E-state index in [-0.39, 0.29) is 18.1 Å². The monoisotopic (exact) mass is 275 g/mol. The zero-order valence-corrected chi connectivity index (χ0v) is 11.6. The van der Waals surface area contributed by atoms with Crippen LogP contribution in [0, 0.1) is 12.7 Å². The highest BCUT2D eigenvalue weighted by molar-refractivity contribution is 5.37. The van der Waals surface area contributed by atoms with Crippen LogP contribution in [0.15, 0.2) is 42.5 Å². The van der Waals surface area contributed by atoms with Gasteiger partial charge in [0.15, 0.2) is 11.6 Å². The molecule has 0 aliphatic rings. The van der Waals surface area contributed by atoms with Crippen molar-refractivity contribution in [3.63, 3.8) is 0 Å². The van der Waals surface area contributed by atoms with Gasteiger partial charge in [0.1, 0.15) is 11.9 Å². The second-order valence-corrected chi connectivity index (χ2v) is 4.47. The Kier molecular flexibility index (Phi) is 4.58. The largest absolute Gasteiger partial charge is 0.496 e. The quantitative estimate of drug-likeness (QED) is 0.911. The molecule has 0 saturated carbocycles. The molecule has 0 radical (unpaired) electrons. The SMILES string of the molecule is COc1ccccc1C(CN)Oc1cccc(C)c1F. The number of methoxy groups -OCH3 is 1. The van der Waals surface area contributed by atoms with Gasteiger partial charge in [-0.05, 0) is 24.6 Å². The summed E-state index contributed by atoms with van der Waals surface area (Å²) >= 11 is 0. The van der Waals surface area contributed by atoms with Crippen molar-refractivity contribution in [1.29, 1.82) is 0 Å². The molecule has 0 saturated heterocycles. The van der Waals surface area contributed by atoms with Gasteiger partial charge < -0.3 is 15.2 Å². The highest BCUT2D eigenvalue weighted by Gasteiger charge is 2.18. The summed E-state index contributed by atoms with van der Waals surface area (Å²) < 4.78 is 25.0. The lowest BCUT2D eigenvalue weighted by atomic mass is 10.1. The first-order chi connectivity index (χ1) is 9.67. The fourth-order valence-corrected chi connectivity index (χ4v) is 2.04. The lowest BCUT2D eigenvalue weighted by molar-refractivity contribution is 0.199. The number of benzene rings is 2. The number of aryl methyl sites for hydroxylation is 1. The topological polar surface area (TPSA) is 44.5 Å². The number of halogens is 1. The maximum Gasteiger partial charge on any atom is 0.167 e. The van der Waals surface area contributed by atoms with Crippen LogP contribution in [-0.2, 0) is 0 Å². The third kappa shape index (κ3) is 2.91. The van der Waals surface area contributed by atoms with E-state index in [0.29, 0.717) is 11.3 Å². The van der Waals surface area contributed by atoms with Gasteiger partial charge in [0.25, 0.3) is 0 Å². The molecular formula is C16H18FNO2. The van der Waals surface area contributed by atoms with Gasteiger partial charge in [-0.25, -0.2) is 4.39 Å². The van der Waals surface area contributed by atoms with E-state index in [1.807, 2.05) is 24.3 Å². The summed E-state index contributed by atoms with van der Waals surface area (Å²) in [5.41, 5.74) is 7.11. The van der Waals surface area contributed by atoms with Gasteiger partial charge in [-0.1, -0.05) is 30.3 Å². The molecule has 0 aromatic heterocycles. The zero-order valence-electron chi connectivity index (χ0n) is 11.6. The van der Waals surface area contributed by atoms with Gasteiger partial charge in [0.2, 0.25) is 0 Å². The number of para-hydroxylation sites is 1. The Bertz CT molecular complexity index is 586. The normalized spacial score (nSPS) is 12.0. The van der Waals surface area contributed by atoms with E-state index >= 15 is 0 Å². The predicted octanol–water partition coefficient (Wildman–Crippen LogP) is 3.22. The second-order valence-electron chi connectivity index (χ2n) is 4.47. The first kappa shape index (κ1) is 14.3. The highest BCUT2D eigenvalue weighted by Crippen LogP contribution is 2.30. The van der Waals surface area contributed by atoms with Crippen molar-refractivity contribution >= 4 is 0 Å². The molecular weight excluding hydrogens is 257 g/mol. The molecule has 2 rings (SSSR count). The molecule has 1 unspecified atom stereocenters. The summed E-state index contributed by atoms with van der Waals surface area (Å²) in [6.45, 7) is 1.93. The molecule has 1 atom stereocenters. The molecule has 0 heterocycles. The lowest BCUT2D eigenvalue weighted by Gasteiger charge is -2.20. The zero-order chi connectivity index (χ0) is 14.5. The van der Waals surface area contributed by atoms with E-state index in [1.165, 1.54) is 0 Å². The Morgan fingerprint density at radius 2 is 1.80 bits per heavy atom. The Hall–Kier alpha value is -2.07. The van der Waals surface area contributed by atoms with Crippen molar-refractivity contribution in [3.05, 3.63) is 59.4 Å². The first-order valence-electron chi connectivity index (χ1n) is 6.42. The minimum Gasteiger partial charge on any atom is -0.496 e. The summed E-state index contributed by atoms with van der Waals surface area (Å²) in [6, 6.07) is 12.5. The molecule has 2 aromatic carbocycles. The van der Waals surface area contributed by atoms with Gasteiger partial charge in [-0.3, -0.25) is 0 Å². The molecule has 0 spiro atoms. The minimum absolute atomic E-state index is 0.200. The minimum atomic E-state index is -0.456. The predicted molar refractivity (Wildman–Crippen MR) is 76.6 cm³/mol. The van der Waals surface area contributed by atoms with Crippen molar-refractivity contribution in [2.24, 2.45) is 5.73 Å². The fourth-order valence-electron chi connectivity index (χ4n) is 2.04. The van der Waals surface area contributed by atoms with Crippen LogP contribution < -0.4 is 15.2 Å². The second kappa shape index (κ2) is 6.39. The van der Waals surface area contributed by atoms with Crippen LogP contribution in [0.2, 0.25) is 0 Å².